The third-order valence-corrected chi connectivity index (χ3v) is 4.52. The molecule has 0 fully saturated rings. The van der Waals surface area contributed by atoms with Gasteiger partial charge >= 0.3 is 0 Å². The zero-order valence-electron chi connectivity index (χ0n) is 12.5. The molecular weight excluding hydrogens is 298 g/mol. The first-order chi connectivity index (χ1) is 10.6. The average Bonchev–Trinajstić information content (AvgIpc) is 3.11. The van der Waals surface area contributed by atoms with E-state index < -0.39 is 0 Å². The summed E-state index contributed by atoms with van der Waals surface area (Å²) in [7, 11) is 1.62. The molecule has 0 bridgehead atoms. The quantitative estimate of drug-likeness (QED) is 0.906. The van der Waals surface area contributed by atoms with Crippen LogP contribution in [0, 0.1) is 5.41 Å². The van der Waals surface area contributed by atoms with Crippen LogP contribution in [-0.2, 0) is 6.42 Å². The minimum absolute atomic E-state index is 0.192. The van der Waals surface area contributed by atoms with E-state index in [1.807, 2.05) is 36.6 Å². The maximum absolute atomic E-state index is 10.3. The van der Waals surface area contributed by atoms with Crippen molar-refractivity contribution in [3.63, 3.8) is 0 Å². The van der Waals surface area contributed by atoms with Crippen LogP contribution in [0.5, 0.6) is 5.75 Å². The third-order valence-electron chi connectivity index (χ3n) is 3.62. The fraction of sp³-hybridized carbons (Fsp3) is 0.250. The molecule has 6 heteroatoms. The molecule has 1 aliphatic rings. The second-order valence-corrected chi connectivity index (χ2v) is 5.81. The number of aromatic nitrogens is 1. The highest BCUT2D eigenvalue weighted by molar-refractivity contribution is 7.11. The summed E-state index contributed by atoms with van der Waals surface area (Å²) in [5, 5.41) is 21.3. The van der Waals surface area contributed by atoms with E-state index >= 15 is 0 Å². The minimum Gasteiger partial charge on any atom is -0.510 e. The summed E-state index contributed by atoms with van der Waals surface area (Å²) in [6, 6.07) is 7.44. The second kappa shape index (κ2) is 5.81. The van der Waals surface area contributed by atoms with Gasteiger partial charge in [-0.25, -0.2) is 4.98 Å². The van der Waals surface area contributed by atoms with Crippen LogP contribution in [0.4, 0.5) is 5.69 Å². The van der Waals surface area contributed by atoms with Crippen LogP contribution in [0.15, 0.2) is 35.4 Å². The van der Waals surface area contributed by atoms with Gasteiger partial charge in [0.25, 0.3) is 0 Å². The van der Waals surface area contributed by atoms with Crippen molar-refractivity contribution in [2.75, 3.05) is 18.6 Å². The molecule has 5 nitrogen and oxygen atoms in total. The number of rotatable bonds is 4. The molecule has 0 aliphatic carbocycles. The fourth-order valence-electron chi connectivity index (χ4n) is 2.37. The Kier molecular flexibility index (Phi) is 3.85. The summed E-state index contributed by atoms with van der Waals surface area (Å²) in [4.78, 5) is 6.24. The summed E-state index contributed by atoms with van der Waals surface area (Å²) in [6.45, 7) is 2.33. The predicted octanol–water partition coefficient (Wildman–Crippen LogP) is 3.48. The SMILES string of the molecule is CCc1csc(C2=C(O)CN(c3ccc(OC)cc3)C2=N)n1. The number of aryl methyl sites for hydroxylation is 1. The van der Waals surface area contributed by atoms with Crippen molar-refractivity contribution in [3.8, 4) is 5.75 Å². The van der Waals surface area contributed by atoms with Gasteiger partial charge in [-0.05, 0) is 30.7 Å². The minimum atomic E-state index is 0.192. The van der Waals surface area contributed by atoms with Gasteiger partial charge < -0.3 is 14.7 Å². The van der Waals surface area contributed by atoms with E-state index in [9.17, 15) is 5.11 Å². The Hall–Kier alpha value is -2.34. The molecule has 0 saturated heterocycles. The van der Waals surface area contributed by atoms with Crippen molar-refractivity contribution in [1.29, 1.82) is 5.41 Å². The number of nitrogens with zero attached hydrogens (tertiary/aromatic N) is 2. The normalized spacial score (nSPS) is 14.8. The number of hydrogen-bond donors (Lipinski definition) is 2. The topological polar surface area (TPSA) is 69.4 Å². The summed E-state index contributed by atoms with van der Waals surface area (Å²) in [5.41, 5.74) is 2.36. The smallest absolute Gasteiger partial charge is 0.139 e. The number of benzene rings is 1. The molecule has 0 amide bonds. The highest BCUT2D eigenvalue weighted by atomic mass is 32.1. The summed E-state index contributed by atoms with van der Waals surface area (Å²) < 4.78 is 5.15. The molecule has 22 heavy (non-hydrogen) atoms. The molecule has 1 aromatic heterocycles. The van der Waals surface area contributed by atoms with E-state index in [4.69, 9.17) is 10.1 Å². The number of aliphatic hydroxyl groups is 1. The summed E-state index contributed by atoms with van der Waals surface area (Å²) in [5.74, 6) is 1.23. The molecule has 0 unspecified atom stereocenters. The Morgan fingerprint density at radius 1 is 1.36 bits per heavy atom. The number of hydrogen-bond acceptors (Lipinski definition) is 5. The van der Waals surface area contributed by atoms with E-state index in [0.29, 0.717) is 17.1 Å². The molecule has 114 valence electrons. The first-order valence-electron chi connectivity index (χ1n) is 7.01. The van der Waals surface area contributed by atoms with Crippen molar-refractivity contribution in [3.05, 3.63) is 46.1 Å². The van der Waals surface area contributed by atoms with Crippen LogP contribution in [0.3, 0.4) is 0 Å². The molecule has 1 aromatic carbocycles. The van der Waals surface area contributed by atoms with Gasteiger partial charge in [0.1, 0.15) is 22.4 Å². The Bertz CT molecular complexity index is 734. The van der Waals surface area contributed by atoms with Crippen LogP contribution in [0.25, 0.3) is 5.57 Å². The highest BCUT2D eigenvalue weighted by Crippen LogP contribution is 2.33. The zero-order valence-corrected chi connectivity index (χ0v) is 13.3. The fourth-order valence-corrected chi connectivity index (χ4v) is 3.34. The maximum atomic E-state index is 10.3. The largest absolute Gasteiger partial charge is 0.510 e. The number of nitrogens with one attached hydrogen (secondary N) is 1. The lowest BCUT2D eigenvalue weighted by molar-refractivity contribution is 0.411. The lowest BCUT2D eigenvalue weighted by Gasteiger charge is -2.18. The Morgan fingerprint density at radius 2 is 2.09 bits per heavy atom. The van der Waals surface area contributed by atoms with E-state index in [0.717, 1.165) is 23.6 Å². The number of methoxy groups -OCH3 is 1. The average molecular weight is 315 g/mol. The van der Waals surface area contributed by atoms with E-state index in [-0.39, 0.29) is 11.6 Å². The molecule has 0 radical (unpaired) electrons. The van der Waals surface area contributed by atoms with E-state index in [1.54, 1.807) is 12.0 Å². The van der Waals surface area contributed by atoms with E-state index in [1.165, 1.54) is 11.3 Å². The first kappa shape index (κ1) is 14.6. The standard InChI is InChI=1S/C16H17N3O2S/c1-3-10-9-22-16(18-10)14-13(20)8-19(15(14)17)11-4-6-12(21-2)7-5-11/h4-7,9,17,20H,3,8H2,1-2H3. The molecule has 1 aliphatic heterocycles. The molecule has 3 rings (SSSR count). The lowest BCUT2D eigenvalue weighted by atomic mass is 10.2. The Morgan fingerprint density at radius 3 is 2.68 bits per heavy atom. The monoisotopic (exact) mass is 315 g/mol. The van der Waals surface area contributed by atoms with Gasteiger partial charge in [0, 0.05) is 11.1 Å². The molecule has 2 aromatic rings. The molecule has 2 N–H and O–H groups in total. The first-order valence-corrected chi connectivity index (χ1v) is 7.89. The van der Waals surface area contributed by atoms with Crippen LogP contribution in [0.2, 0.25) is 0 Å². The number of thiazole rings is 1. The van der Waals surface area contributed by atoms with Crippen LogP contribution in [-0.4, -0.2) is 29.6 Å². The van der Waals surface area contributed by atoms with Crippen molar-refractivity contribution in [2.45, 2.75) is 13.3 Å². The predicted molar refractivity (Wildman–Crippen MR) is 89.1 cm³/mol. The van der Waals surface area contributed by atoms with Crippen molar-refractivity contribution < 1.29 is 9.84 Å². The van der Waals surface area contributed by atoms with Crippen LogP contribution in [0.1, 0.15) is 17.6 Å². The summed E-state index contributed by atoms with van der Waals surface area (Å²) in [6.07, 6.45) is 0.847. The third kappa shape index (κ3) is 2.46. The number of ether oxygens (including phenoxy) is 1. The molecule has 0 spiro atoms. The van der Waals surface area contributed by atoms with E-state index in [2.05, 4.69) is 4.98 Å². The molecule has 0 saturated carbocycles. The molecule has 2 heterocycles. The van der Waals surface area contributed by atoms with Gasteiger partial charge in [-0.3, -0.25) is 5.41 Å². The van der Waals surface area contributed by atoms with Crippen molar-refractivity contribution in [2.24, 2.45) is 0 Å². The van der Waals surface area contributed by atoms with Gasteiger partial charge in [-0.15, -0.1) is 11.3 Å². The van der Waals surface area contributed by atoms with Gasteiger partial charge in [0.05, 0.1) is 24.9 Å². The maximum Gasteiger partial charge on any atom is 0.139 e. The van der Waals surface area contributed by atoms with Gasteiger partial charge in [-0.2, -0.15) is 0 Å². The zero-order chi connectivity index (χ0) is 15.7. The molecule has 0 atom stereocenters. The highest BCUT2D eigenvalue weighted by Gasteiger charge is 2.31. The van der Waals surface area contributed by atoms with Crippen LogP contribution < -0.4 is 9.64 Å². The number of anilines is 1. The van der Waals surface area contributed by atoms with Crippen molar-refractivity contribution >= 4 is 28.4 Å². The lowest BCUT2D eigenvalue weighted by Crippen LogP contribution is -2.25. The Balaban J connectivity index is 1.88. The van der Waals surface area contributed by atoms with Crippen molar-refractivity contribution in [1.82, 2.24) is 4.98 Å². The second-order valence-electron chi connectivity index (χ2n) is 4.95. The number of amidine groups is 1. The van der Waals surface area contributed by atoms with Gasteiger partial charge in [-0.1, -0.05) is 6.92 Å². The Labute approximate surface area is 133 Å². The molecular formula is C16H17N3O2S. The van der Waals surface area contributed by atoms with Gasteiger partial charge in [0.15, 0.2) is 0 Å². The van der Waals surface area contributed by atoms with Gasteiger partial charge in [0.2, 0.25) is 0 Å². The number of aliphatic hydroxyl groups excluding tert-OH is 1. The van der Waals surface area contributed by atoms with Crippen LogP contribution >= 0.6 is 11.3 Å². The summed E-state index contributed by atoms with van der Waals surface area (Å²) >= 11 is 1.47.